The first-order valence-corrected chi connectivity index (χ1v) is 6.35. The van der Waals surface area contributed by atoms with E-state index in [1.54, 1.807) is 7.11 Å². The van der Waals surface area contributed by atoms with E-state index in [4.69, 9.17) is 16.3 Å². The third-order valence-electron chi connectivity index (χ3n) is 3.15. The van der Waals surface area contributed by atoms with E-state index in [0.29, 0.717) is 23.9 Å². The second-order valence-corrected chi connectivity index (χ2v) is 4.53. The maximum absolute atomic E-state index is 11.2. The fourth-order valence-electron chi connectivity index (χ4n) is 2.13. The molecule has 3 nitrogen and oxygen atoms in total. The van der Waals surface area contributed by atoms with E-state index < -0.39 is 0 Å². The summed E-state index contributed by atoms with van der Waals surface area (Å²) >= 11 is 6.26. The van der Waals surface area contributed by atoms with E-state index in [1.165, 1.54) is 5.56 Å². The standard InChI is InChI=1S/C14H16ClNO2/c1-3-10-4-5-13-11(8-10)12(9-17)14(15)16(13)6-7-18-2/h4-5,8-9H,3,6-7H2,1-2H3. The molecular weight excluding hydrogens is 250 g/mol. The Morgan fingerprint density at radius 1 is 1.44 bits per heavy atom. The molecule has 0 fully saturated rings. The van der Waals surface area contributed by atoms with Crippen LogP contribution in [0.5, 0.6) is 0 Å². The molecule has 0 aliphatic rings. The number of carbonyl (C=O) groups is 1. The Morgan fingerprint density at radius 3 is 2.83 bits per heavy atom. The van der Waals surface area contributed by atoms with Crippen molar-refractivity contribution in [2.24, 2.45) is 0 Å². The van der Waals surface area contributed by atoms with Crippen molar-refractivity contribution in [1.82, 2.24) is 4.57 Å². The van der Waals surface area contributed by atoms with Crippen LogP contribution in [0.1, 0.15) is 22.8 Å². The molecule has 0 aliphatic heterocycles. The van der Waals surface area contributed by atoms with E-state index in [0.717, 1.165) is 23.6 Å². The topological polar surface area (TPSA) is 31.2 Å². The molecule has 0 amide bonds. The minimum absolute atomic E-state index is 0.491. The van der Waals surface area contributed by atoms with Gasteiger partial charge in [-0.05, 0) is 24.1 Å². The van der Waals surface area contributed by atoms with Gasteiger partial charge in [0.1, 0.15) is 5.15 Å². The summed E-state index contributed by atoms with van der Waals surface area (Å²) in [6.45, 7) is 3.30. The van der Waals surface area contributed by atoms with Crippen LogP contribution >= 0.6 is 11.6 Å². The van der Waals surface area contributed by atoms with Crippen LogP contribution < -0.4 is 0 Å². The Morgan fingerprint density at radius 2 is 2.22 bits per heavy atom. The van der Waals surface area contributed by atoms with Crippen molar-refractivity contribution in [3.05, 3.63) is 34.5 Å². The average molecular weight is 266 g/mol. The first kappa shape index (κ1) is 13.1. The molecule has 0 bridgehead atoms. The van der Waals surface area contributed by atoms with Crippen LogP contribution in [0.25, 0.3) is 10.9 Å². The summed E-state index contributed by atoms with van der Waals surface area (Å²) in [5.41, 5.74) is 2.75. The van der Waals surface area contributed by atoms with E-state index in [1.807, 2.05) is 16.7 Å². The fraction of sp³-hybridized carbons (Fsp3) is 0.357. The average Bonchev–Trinajstić information content (AvgIpc) is 2.66. The molecule has 0 saturated heterocycles. The van der Waals surface area contributed by atoms with Gasteiger partial charge in [-0.25, -0.2) is 0 Å². The quantitative estimate of drug-likeness (QED) is 0.777. The summed E-state index contributed by atoms with van der Waals surface area (Å²) in [5.74, 6) is 0. The first-order valence-electron chi connectivity index (χ1n) is 5.97. The molecule has 0 spiro atoms. The zero-order valence-corrected chi connectivity index (χ0v) is 11.3. The van der Waals surface area contributed by atoms with Gasteiger partial charge in [0.05, 0.1) is 17.7 Å². The molecule has 1 aromatic heterocycles. The number of carbonyl (C=O) groups excluding carboxylic acids is 1. The number of aryl methyl sites for hydroxylation is 1. The number of methoxy groups -OCH3 is 1. The van der Waals surface area contributed by atoms with E-state index in [2.05, 4.69) is 13.0 Å². The van der Waals surface area contributed by atoms with E-state index in [9.17, 15) is 4.79 Å². The van der Waals surface area contributed by atoms with Crippen LogP contribution in [-0.2, 0) is 17.7 Å². The van der Waals surface area contributed by atoms with Crippen LogP contribution in [0, 0.1) is 0 Å². The molecule has 1 aromatic carbocycles. The minimum Gasteiger partial charge on any atom is -0.383 e. The molecule has 1 heterocycles. The molecule has 0 radical (unpaired) electrons. The van der Waals surface area contributed by atoms with Gasteiger partial charge >= 0.3 is 0 Å². The zero-order valence-electron chi connectivity index (χ0n) is 10.6. The molecule has 18 heavy (non-hydrogen) atoms. The Kier molecular flexibility index (Phi) is 4.04. The lowest BCUT2D eigenvalue weighted by Gasteiger charge is -2.06. The Hall–Kier alpha value is -1.32. The molecule has 0 aliphatic carbocycles. The normalized spacial score (nSPS) is 11.1. The lowest BCUT2D eigenvalue weighted by Crippen LogP contribution is -2.04. The highest BCUT2D eigenvalue weighted by molar-refractivity contribution is 6.34. The zero-order chi connectivity index (χ0) is 13.1. The monoisotopic (exact) mass is 265 g/mol. The Labute approximate surface area is 111 Å². The van der Waals surface area contributed by atoms with Crippen molar-refractivity contribution < 1.29 is 9.53 Å². The Balaban J connectivity index is 2.63. The van der Waals surface area contributed by atoms with Crippen molar-refractivity contribution >= 4 is 28.8 Å². The highest BCUT2D eigenvalue weighted by Crippen LogP contribution is 2.29. The molecule has 4 heteroatoms. The lowest BCUT2D eigenvalue weighted by molar-refractivity contribution is 0.112. The summed E-state index contributed by atoms with van der Waals surface area (Å²) < 4.78 is 6.99. The number of ether oxygens (including phenoxy) is 1. The molecule has 96 valence electrons. The number of hydrogen-bond acceptors (Lipinski definition) is 2. The van der Waals surface area contributed by atoms with Crippen molar-refractivity contribution in [2.45, 2.75) is 19.9 Å². The second-order valence-electron chi connectivity index (χ2n) is 4.17. The number of hydrogen-bond donors (Lipinski definition) is 0. The van der Waals surface area contributed by atoms with Crippen molar-refractivity contribution in [3.63, 3.8) is 0 Å². The molecule has 2 aromatic rings. The summed E-state index contributed by atoms with van der Waals surface area (Å²) in [6.07, 6.45) is 1.77. The minimum atomic E-state index is 0.491. The first-order chi connectivity index (χ1) is 8.72. The predicted octanol–water partition coefficient (Wildman–Crippen LogP) is 3.32. The predicted molar refractivity (Wildman–Crippen MR) is 73.6 cm³/mol. The van der Waals surface area contributed by atoms with Crippen molar-refractivity contribution in [3.8, 4) is 0 Å². The molecule has 0 saturated carbocycles. The molecule has 0 N–H and O–H groups in total. The Bertz CT molecular complexity index is 575. The van der Waals surface area contributed by atoms with Gasteiger partial charge < -0.3 is 9.30 Å². The van der Waals surface area contributed by atoms with Gasteiger partial charge in [-0.15, -0.1) is 0 Å². The summed E-state index contributed by atoms with van der Waals surface area (Å²) in [4.78, 5) is 11.2. The smallest absolute Gasteiger partial charge is 0.153 e. The summed E-state index contributed by atoms with van der Waals surface area (Å²) in [6, 6.07) is 6.12. The number of aldehydes is 1. The molecule has 0 atom stereocenters. The van der Waals surface area contributed by atoms with Crippen LogP contribution in [0.2, 0.25) is 5.15 Å². The highest BCUT2D eigenvalue weighted by atomic mass is 35.5. The number of halogens is 1. The largest absolute Gasteiger partial charge is 0.383 e. The van der Waals surface area contributed by atoms with Gasteiger partial charge in [-0.3, -0.25) is 4.79 Å². The maximum Gasteiger partial charge on any atom is 0.153 e. The van der Waals surface area contributed by atoms with Gasteiger partial charge in [-0.1, -0.05) is 24.6 Å². The van der Waals surface area contributed by atoms with Gasteiger partial charge in [0, 0.05) is 19.0 Å². The number of benzene rings is 1. The van der Waals surface area contributed by atoms with Crippen molar-refractivity contribution in [1.29, 1.82) is 0 Å². The second kappa shape index (κ2) is 5.55. The summed E-state index contributed by atoms with van der Waals surface area (Å²) in [5, 5.41) is 1.41. The summed E-state index contributed by atoms with van der Waals surface area (Å²) in [7, 11) is 1.65. The fourth-order valence-corrected chi connectivity index (χ4v) is 2.45. The number of rotatable bonds is 5. The van der Waals surface area contributed by atoms with Gasteiger partial charge in [-0.2, -0.15) is 0 Å². The number of fused-ring (bicyclic) bond motifs is 1. The van der Waals surface area contributed by atoms with Gasteiger partial charge in [0.25, 0.3) is 0 Å². The molecule has 0 unspecified atom stereocenters. The molecular formula is C14H16ClNO2. The van der Waals surface area contributed by atoms with Crippen LogP contribution in [-0.4, -0.2) is 24.6 Å². The van der Waals surface area contributed by atoms with Crippen LogP contribution in [0.3, 0.4) is 0 Å². The number of nitrogens with zero attached hydrogens (tertiary/aromatic N) is 1. The van der Waals surface area contributed by atoms with Crippen molar-refractivity contribution in [2.75, 3.05) is 13.7 Å². The SMILES string of the molecule is CCc1ccc2c(c1)c(C=O)c(Cl)n2CCOC. The van der Waals surface area contributed by atoms with Crippen LogP contribution in [0.4, 0.5) is 0 Å². The lowest BCUT2D eigenvalue weighted by atomic mass is 10.1. The highest BCUT2D eigenvalue weighted by Gasteiger charge is 2.15. The van der Waals surface area contributed by atoms with Gasteiger partial charge in [0.15, 0.2) is 6.29 Å². The third-order valence-corrected chi connectivity index (χ3v) is 3.55. The van der Waals surface area contributed by atoms with E-state index >= 15 is 0 Å². The van der Waals surface area contributed by atoms with E-state index in [-0.39, 0.29) is 0 Å². The van der Waals surface area contributed by atoms with Crippen LogP contribution in [0.15, 0.2) is 18.2 Å². The van der Waals surface area contributed by atoms with Gasteiger partial charge in [0.2, 0.25) is 0 Å². The molecule has 2 rings (SSSR count). The number of aromatic nitrogens is 1. The maximum atomic E-state index is 11.2. The third kappa shape index (κ3) is 2.16.